The molecule has 1 saturated heterocycles. The van der Waals surface area contributed by atoms with Gasteiger partial charge in [-0.25, -0.2) is 4.98 Å². The molecule has 0 aromatic carbocycles. The molecule has 29 heavy (non-hydrogen) atoms. The number of nitrogens with two attached hydrogens (primary N) is 1. The first kappa shape index (κ1) is 19.5. The third kappa shape index (κ3) is 4.28. The van der Waals surface area contributed by atoms with Crippen molar-refractivity contribution in [2.75, 3.05) is 37.3 Å². The van der Waals surface area contributed by atoms with Crippen molar-refractivity contribution in [3.63, 3.8) is 0 Å². The zero-order valence-electron chi connectivity index (χ0n) is 16.7. The minimum Gasteiger partial charge on any atom is -0.476 e. The molecule has 152 valence electrons. The maximum atomic E-state index is 9.71. The second kappa shape index (κ2) is 8.66. The lowest BCUT2D eigenvalue weighted by Gasteiger charge is -2.35. The van der Waals surface area contributed by atoms with Crippen LogP contribution in [-0.2, 0) is 5.41 Å². The molecule has 1 saturated carbocycles. The van der Waals surface area contributed by atoms with Gasteiger partial charge in [-0.1, -0.05) is 6.42 Å². The molecule has 3 heterocycles. The maximum Gasteiger partial charge on any atom is 0.215 e. The van der Waals surface area contributed by atoms with Gasteiger partial charge in [-0.05, 0) is 57.3 Å². The van der Waals surface area contributed by atoms with Gasteiger partial charge in [0.25, 0.3) is 0 Å². The highest BCUT2D eigenvalue weighted by Crippen LogP contribution is 2.45. The molecule has 2 fully saturated rings. The molecule has 0 bridgehead atoms. The summed E-state index contributed by atoms with van der Waals surface area (Å²) in [5, 5.41) is 13.1. The Bertz CT molecular complexity index is 883. The zero-order valence-corrected chi connectivity index (χ0v) is 16.7. The number of likely N-dealkylation sites (tertiary alicyclic amines) is 1. The van der Waals surface area contributed by atoms with Gasteiger partial charge in [0.2, 0.25) is 5.88 Å². The summed E-state index contributed by atoms with van der Waals surface area (Å²) in [4.78, 5) is 11.3. The van der Waals surface area contributed by atoms with Gasteiger partial charge in [-0.15, -0.1) is 0 Å². The van der Waals surface area contributed by atoms with Crippen molar-refractivity contribution in [3.05, 3.63) is 36.3 Å². The number of nitrogens with zero attached hydrogens (tertiary/aromatic N) is 4. The largest absolute Gasteiger partial charge is 0.476 e. The van der Waals surface area contributed by atoms with Crippen LogP contribution in [-0.4, -0.2) is 41.1 Å². The van der Waals surface area contributed by atoms with Crippen LogP contribution in [0.5, 0.6) is 5.88 Å². The standard InChI is InChI=1S/C22H28N6O/c23-16-22(7-5-8-22)21-18(6-4-9-25-21)27-19-14-20(26-15-17(19)24)29-13-12-28-10-2-1-3-11-28/h4,6,9,14-15H,1-3,5,7-8,10-13,24H2,(H,26,27). The van der Waals surface area contributed by atoms with Crippen molar-refractivity contribution in [2.24, 2.45) is 0 Å². The number of nitriles is 1. The Labute approximate surface area is 171 Å². The van der Waals surface area contributed by atoms with Crippen molar-refractivity contribution in [1.29, 1.82) is 5.26 Å². The van der Waals surface area contributed by atoms with E-state index in [1.54, 1.807) is 12.4 Å². The Hall–Kier alpha value is -2.85. The molecule has 0 spiro atoms. The Morgan fingerprint density at radius 2 is 2.00 bits per heavy atom. The van der Waals surface area contributed by atoms with Crippen LogP contribution < -0.4 is 15.8 Å². The Morgan fingerprint density at radius 1 is 1.17 bits per heavy atom. The van der Waals surface area contributed by atoms with E-state index in [1.807, 2.05) is 18.2 Å². The van der Waals surface area contributed by atoms with Crippen molar-refractivity contribution in [3.8, 4) is 11.9 Å². The van der Waals surface area contributed by atoms with Crippen LogP contribution in [0.1, 0.15) is 44.2 Å². The average molecular weight is 393 g/mol. The van der Waals surface area contributed by atoms with E-state index in [0.717, 1.165) is 56.0 Å². The Balaban J connectivity index is 1.45. The lowest BCUT2D eigenvalue weighted by atomic mass is 9.67. The number of piperidine rings is 1. The van der Waals surface area contributed by atoms with E-state index >= 15 is 0 Å². The molecule has 2 aliphatic rings. The Morgan fingerprint density at radius 3 is 2.72 bits per heavy atom. The number of anilines is 3. The van der Waals surface area contributed by atoms with Gasteiger partial charge in [0.1, 0.15) is 12.0 Å². The molecule has 0 unspecified atom stereocenters. The summed E-state index contributed by atoms with van der Waals surface area (Å²) in [5.74, 6) is 0.544. The summed E-state index contributed by atoms with van der Waals surface area (Å²) >= 11 is 0. The van der Waals surface area contributed by atoms with Crippen molar-refractivity contribution in [1.82, 2.24) is 14.9 Å². The second-order valence-corrected chi connectivity index (χ2v) is 7.93. The van der Waals surface area contributed by atoms with Crippen LogP contribution in [0.25, 0.3) is 0 Å². The molecular formula is C22H28N6O. The predicted molar refractivity (Wildman–Crippen MR) is 113 cm³/mol. The molecular weight excluding hydrogens is 364 g/mol. The highest BCUT2D eigenvalue weighted by Gasteiger charge is 2.42. The van der Waals surface area contributed by atoms with Gasteiger partial charge >= 0.3 is 0 Å². The summed E-state index contributed by atoms with van der Waals surface area (Å²) in [6.07, 6.45) is 9.95. The number of hydrogen-bond acceptors (Lipinski definition) is 7. The Kier molecular flexibility index (Phi) is 5.81. The number of nitrogens with one attached hydrogen (secondary N) is 1. The molecule has 2 aromatic rings. The fraction of sp³-hybridized carbons (Fsp3) is 0.500. The van der Waals surface area contributed by atoms with E-state index in [4.69, 9.17) is 10.5 Å². The van der Waals surface area contributed by atoms with Gasteiger partial charge in [-0.2, -0.15) is 5.26 Å². The van der Waals surface area contributed by atoms with E-state index in [2.05, 4.69) is 26.3 Å². The first-order valence-corrected chi connectivity index (χ1v) is 10.4. The summed E-state index contributed by atoms with van der Waals surface area (Å²) in [6.45, 7) is 3.81. The fourth-order valence-electron chi connectivity index (χ4n) is 4.06. The lowest BCUT2D eigenvalue weighted by molar-refractivity contribution is 0.180. The highest BCUT2D eigenvalue weighted by atomic mass is 16.5. The molecule has 3 N–H and O–H groups in total. The molecule has 1 aliphatic carbocycles. The SMILES string of the molecule is N#CC1(c2ncccc2Nc2cc(OCCN3CCCCC3)ncc2N)CCC1. The summed E-state index contributed by atoms with van der Waals surface area (Å²) < 4.78 is 5.88. The fourth-order valence-corrected chi connectivity index (χ4v) is 4.06. The van der Waals surface area contributed by atoms with Crippen molar-refractivity contribution >= 4 is 17.1 Å². The highest BCUT2D eigenvalue weighted by molar-refractivity contribution is 5.74. The van der Waals surface area contributed by atoms with E-state index in [0.29, 0.717) is 18.2 Å². The molecule has 2 aromatic heterocycles. The quantitative estimate of drug-likeness (QED) is 0.742. The van der Waals surface area contributed by atoms with Gasteiger partial charge < -0.3 is 15.8 Å². The van der Waals surface area contributed by atoms with Crippen molar-refractivity contribution in [2.45, 2.75) is 43.9 Å². The maximum absolute atomic E-state index is 9.71. The number of rotatable bonds is 7. The normalized spacial score (nSPS) is 18.4. The molecule has 1 aliphatic heterocycles. The topological polar surface area (TPSA) is 100 Å². The summed E-state index contributed by atoms with van der Waals surface area (Å²) in [7, 11) is 0. The molecule has 0 amide bonds. The molecule has 0 atom stereocenters. The smallest absolute Gasteiger partial charge is 0.215 e. The summed E-state index contributed by atoms with van der Waals surface area (Å²) in [5.41, 5.74) is 8.49. The number of hydrogen-bond donors (Lipinski definition) is 2. The first-order valence-electron chi connectivity index (χ1n) is 10.4. The van der Waals surface area contributed by atoms with E-state index in [9.17, 15) is 5.26 Å². The van der Waals surface area contributed by atoms with Crippen LogP contribution in [0.3, 0.4) is 0 Å². The third-order valence-corrected chi connectivity index (χ3v) is 5.97. The number of pyridine rings is 2. The van der Waals surface area contributed by atoms with Gasteiger partial charge in [0, 0.05) is 18.8 Å². The van der Waals surface area contributed by atoms with Crippen LogP contribution in [0.15, 0.2) is 30.6 Å². The van der Waals surface area contributed by atoms with E-state index < -0.39 is 5.41 Å². The minimum atomic E-state index is -0.501. The monoisotopic (exact) mass is 392 g/mol. The van der Waals surface area contributed by atoms with Crippen LogP contribution in [0, 0.1) is 11.3 Å². The zero-order chi connectivity index (χ0) is 20.1. The lowest BCUT2D eigenvalue weighted by Crippen LogP contribution is -2.34. The van der Waals surface area contributed by atoms with Gasteiger partial charge in [0.05, 0.1) is 35.0 Å². The molecule has 7 nitrogen and oxygen atoms in total. The first-order chi connectivity index (χ1) is 14.2. The van der Waals surface area contributed by atoms with Crippen LogP contribution in [0.4, 0.5) is 17.1 Å². The van der Waals surface area contributed by atoms with E-state index in [1.165, 1.54) is 19.3 Å². The molecule has 0 radical (unpaired) electrons. The van der Waals surface area contributed by atoms with E-state index in [-0.39, 0.29) is 0 Å². The second-order valence-electron chi connectivity index (χ2n) is 7.93. The number of nitrogen functional groups attached to an aromatic ring is 1. The van der Waals surface area contributed by atoms with Crippen LogP contribution >= 0.6 is 0 Å². The number of aromatic nitrogens is 2. The molecule has 7 heteroatoms. The van der Waals surface area contributed by atoms with Gasteiger partial charge in [0.15, 0.2) is 0 Å². The number of ether oxygens (including phenoxy) is 1. The summed E-state index contributed by atoms with van der Waals surface area (Å²) in [6, 6.07) is 8.09. The van der Waals surface area contributed by atoms with Gasteiger partial charge in [-0.3, -0.25) is 9.88 Å². The third-order valence-electron chi connectivity index (χ3n) is 5.97. The average Bonchev–Trinajstić information content (AvgIpc) is 2.72. The minimum absolute atomic E-state index is 0.501. The van der Waals surface area contributed by atoms with Crippen LogP contribution in [0.2, 0.25) is 0 Å². The van der Waals surface area contributed by atoms with Crippen molar-refractivity contribution < 1.29 is 4.74 Å². The molecule has 4 rings (SSSR count). The predicted octanol–water partition coefficient (Wildman–Crippen LogP) is 3.61.